The molecule has 0 aliphatic heterocycles. The van der Waals surface area contributed by atoms with Crippen molar-refractivity contribution in [2.75, 3.05) is 6.61 Å². The summed E-state index contributed by atoms with van der Waals surface area (Å²) in [5.41, 5.74) is 6.92. The Bertz CT molecular complexity index is 430. The monoisotopic (exact) mass is 341 g/mol. The van der Waals surface area contributed by atoms with E-state index in [9.17, 15) is 5.11 Å². The van der Waals surface area contributed by atoms with Crippen molar-refractivity contribution >= 4 is 15.9 Å². The molecule has 0 bridgehead atoms. The Hall–Kier alpha value is -0.580. The molecule has 2 atom stereocenters. The molecule has 1 fully saturated rings. The minimum absolute atomic E-state index is 0.0786. The van der Waals surface area contributed by atoms with Crippen molar-refractivity contribution in [1.29, 1.82) is 0 Å². The molecule has 0 aromatic heterocycles. The molecule has 0 radical (unpaired) electrons. The second kappa shape index (κ2) is 7.43. The van der Waals surface area contributed by atoms with Crippen LogP contribution in [0, 0.1) is 5.92 Å². The summed E-state index contributed by atoms with van der Waals surface area (Å²) in [6.07, 6.45) is 5.56. The van der Waals surface area contributed by atoms with Crippen LogP contribution in [-0.2, 0) is 0 Å². The number of benzene rings is 1. The lowest BCUT2D eigenvalue weighted by Crippen LogP contribution is -2.21. The first-order valence-electron chi connectivity index (χ1n) is 7.42. The zero-order valence-electron chi connectivity index (χ0n) is 12.0. The third-order valence-corrected chi connectivity index (χ3v) is 4.47. The van der Waals surface area contributed by atoms with Crippen molar-refractivity contribution in [2.24, 2.45) is 11.7 Å². The molecule has 0 amide bonds. The summed E-state index contributed by atoms with van der Waals surface area (Å²) in [5.74, 6) is 1.43. The Kier molecular flexibility index (Phi) is 5.87. The SMILES string of the molecule is C[C@H](N)c1ccc(Br)cc1OCC(O)CC1CCCC1. The molecule has 4 heteroatoms. The van der Waals surface area contributed by atoms with Crippen LogP contribution in [0.25, 0.3) is 0 Å². The van der Waals surface area contributed by atoms with Crippen LogP contribution in [0.4, 0.5) is 0 Å². The third kappa shape index (κ3) is 4.47. The van der Waals surface area contributed by atoms with E-state index < -0.39 is 6.10 Å². The Morgan fingerprint density at radius 2 is 2.10 bits per heavy atom. The van der Waals surface area contributed by atoms with Crippen LogP contribution in [0.5, 0.6) is 5.75 Å². The zero-order chi connectivity index (χ0) is 14.5. The summed E-state index contributed by atoms with van der Waals surface area (Å²) in [5, 5.41) is 10.1. The van der Waals surface area contributed by atoms with Gasteiger partial charge in [0, 0.05) is 16.1 Å². The highest BCUT2D eigenvalue weighted by Crippen LogP contribution is 2.30. The van der Waals surface area contributed by atoms with E-state index in [-0.39, 0.29) is 6.04 Å². The van der Waals surface area contributed by atoms with Crippen molar-refractivity contribution in [2.45, 2.75) is 51.2 Å². The summed E-state index contributed by atoms with van der Waals surface area (Å²) in [6.45, 7) is 2.28. The summed E-state index contributed by atoms with van der Waals surface area (Å²) in [6, 6.07) is 5.76. The molecular weight excluding hydrogens is 318 g/mol. The quantitative estimate of drug-likeness (QED) is 0.827. The summed E-state index contributed by atoms with van der Waals surface area (Å²) >= 11 is 3.44. The Morgan fingerprint density at radius 3 is 2.75 bits per heavy atom. The van der Waals surface area contributed by atoms with Crippen molar-refractivity contribution in [3.63, 3.8) is 0 Å². The van der Waals surface area contributed by atoms with E-state index in [1.54, 1.807) is 0 Å². The van der Waals surface area contributed by atoms with Gasteiger partial charge in [0.2, 0.25) is 0 Å². The Morgan fingerprint density at radius 1 is 1.40 bits per heavy atom. The molecule has 0 spiro atoms. The molecule has 2 rings (SSSR count). The van der Waals surface area contributed by atoms with E-state index >= 15 is 0 Å². The van der Waals surface area contributed by atoms with E-state index in [4.69, 9.17) is 10.5 Å². The van der Waals surface area contributed by atoms with Crippen LogP contribution in [0.1, 0.15) is 50.6 Å². The highest BCUT2D eigenvalue weighted by molar-refractivity contribution is 9.10. The van der Waals surface area contributed by atoms with E-state index in [1.807, 2.05) is 25.1 Å². The third-order valence-electron chi connectivity index (χ3n) is 3.98. The average molecular weight is 342 g/mol. The molecule has 20 heavy (non-hydrogen) atoms. The predicted octanol–water partition coefficient (Wildman–Crippen LogP) is 3.79. The Labute approximate surface area is 129 Å². The summed E-state index contributed by atoms with van der Waals surface area (Å²) < 4.78 is 6.75. The van der Waals surface area contributed by atoms with Crippen molar-refractivity contribution < 1.29 is 9.84 Å². The van der Waals surface area contributed by atoms with Crippen LogP contribution in [-0.4, -0.2) is 17.8 Å². The molecule has 3 nitrogen and oxygen atoms in total. The zero-order valence-corrected chi connectivity index (χ0v) is 13.6. The number of nitrogens with two attached hydrogens (primary N) is 1. The molecule has 1 saturated carbocycles. The van der Waals surface area contributed by atoms with Gasteiger partial charge in [-0.3, -0.25) is 0 Å². The molecule has 1 aromatic rings. The molecule has 0 saturated heterocycles. The van der Waals surface area contributed by atoms with Gasteiger partial charge in [0.05, 0.1) is 6.10 Å². The van der Waals surface area contributed by atoms with Crippen molar-refractivity contribution in [3.8, 4) is 5.75 Å². The first-order chi connectivity index (χ1) is 9.56. The van der Waals surface area contributed by atoms with E-state index in [2.05, 4.69) is 15.9 Å². The van der Waals surface area contributed by atoms with Gasteiger partial charge in [-0.2, -0.15) is 0 Å². The molecule has 1 unspecified atom stereocenters. The minimum Gasteiger partial charge on any atom is -0.491 e. The number of hydrogen-bond donors (Lipinski definition) is 2. The van der Waals surface area contributed by atoms with Gasteiger partial charge in [-0.1, -0.05) is 47.7 Å². The number of hydrogen-bond acceptors (Lipinski definition) is 3. The first-order valence-corrected chi connectivity index (χ1v) is 8.21. The number of aliphatic hydroxyl groups is 1. The maximum absolute atomic E-state index is 10.1. The molecule has 0 heterocycles. The van der Waals surface area contributed by atoms with Gasteiger partial charge < -0.3 is 15.6 Å². The minimum atomic E-state index is -0.391. The molecule has 1 aliphatic carbocycles. The first kappa shape index (κ1) is 15.8. The number of aliphatic hydroxyl groups excluding tert-OH is 1. The largest absolute Gasteiger partial charge is 0.491 e. The van der Waals surface area contributed by atoms with Crippen molar-refractivity contribution in [3.05, 3.63) is 28.2 Å². The predicted molar refractivity (Wildman–Crippen MR) is 84.8 cm³/mol. The van der Waals surface area contributed by atoms with Gasteiger partial charge in [0.15, 0.2) is 0 Å². The van der Waals surface area contributed by atoms with Gasteiger partial charge in [0.1, 0.15) is 12.4 Å². The number of rotatable bonds is 6. The highest BCUT2D eigenvalue weighted by atomic mass is 79.9. The topological polar surface area (TPSA) is 55.5 Å². The molecule has 1 aromatic carbocycles. The lowest BCUT2D eigenvalue weighted by atomic mass is 10.0. The van der Waals surface area contributed by atoms with Gasteiger partial charge >= 0.3 is 0 Å². The Balaban J connectivity index is 1.90. The second-order valence-corrected chi connectivity index (χ2v) is 6.74. The lowest BCUT2D eigenvalue weighted by Gasteiger charge is -2.19. The number of halogens is 1. The highest BCUT2D eigenvalue weighted by Gasteiger charge is 2.19. The molecule has 3 N–H and O–H groups in total. The second-order valence-electron chi connectivity index (χ2n) is 5.82. The fourth-order valence-corrected chi connectivity index (χ4v) is 3.23. The lowest BCUT2D eigenvalue weighted by molar-refractivity contribution is 0.0849. The smallest absolute Gasteiger partial charge is 0.125 e. The molecule has 1 aliphatic rings. The fourth-order valence-electron chi connectivity index (χ4n) is 2.89. The van der Waals surface area contributed by atoms with Gasteiger partial charge in [-0.25, -0.2) is 0 Å². The standard InChI is InChI=1S/C16H24BrNO2/c1-11(18)15-7-6-13(17)9-16(15)20-10-14(19)8-12-4-2-3-5-12/h6-7,9,11-12,14,19H,2-5,8,10,18H2,1H3/t11-,14?/m0/s1. The van der Waals surface area contributed by atoms with Crippen molar-refractivity contribution in [1.82, 2.24) is 0 Å². The van der Waals surface area contributed by atoms with Gasteiger partial charge in [-0.05, 0) is 31.4 Å². The van der Waals surface area contributed by atoms with Crippen LogP contribution < -0.4 is 10.5 Å². The van der Waals surface area contributed by atoms with Gasteiger partial charge in [0.25, 0.3) is 0 Å². The van der Waals surface area contributed by atoms with E-state index in [0.717, 1.165) is 22.2 Å². The van der Waals surface area contributed by atoms with E-state index in [1.165, 1.54) is 25.7 Å². The van der Waals surface area contributed by atoms with Crippen LogP contribution in [0.3, 0.4) is 0 Å². The normalized spacial score (nSPS) is 19.0. The number of ether oxygens (including phenoxy) is 1. The fraction of sp³-hybridized carbons (Fsp3) is 0.625. The summed E-state index contributed by atoms with van der Waals surface area (Å²) in [4.78, 5) is 0. The van der Waals surface area contributed by atoms with Crippen LogP contribution in [0.15, 0.2) is 22.7 Å². The maximum atomic E-state index is 10.1. The average Bonchev–Trinajstić information content (AvgIpc) is 2.89. The van der Waals surface area contributed by atoms with E-state index in [0.29, 0.717) is 12.5 Å². The molecular formula is C16H24BrNO2. The van der Waals surface area contributed by atoms with Crippen LogP contribution in [0.2, 0.25) is 0 Å². The maximum Gasteiger partial charge on any atom is 0.125 e. The summed E-state index contributed by atoms with van der Waals surface area (Å²) in [7, 11) is 0. The molecule has 112 valence electrons. The van der Waals surface area contributed by atoms with Crippen LogP contribution >= 0.6 is 15.9 Å². The van der Waals surface area contributed by atoms with Gasteiger partial charge in [-0.15, -0.1) is 0 Å².